The van der Waals surface area contributed by atoms with E-state index < -0.39 is 0 Å². The van der Waals surface area contributed by atoms with Crippen LogP contribution in [0.15, 0.2) is 18.2 Å². The molecule has 0 amide bonds. The second kappa shape index (κ2) is 7.61. The normalized spacial score (nSPS) is 14.5. The molecule has 0 N–H and O–H groups in total. The lowest BCUT2D eigenvalue weighted by molar-refractivity contribution is 0.372. The Morgan fingerprint density at radius 2 is 1.67 bits per heavy atom. The number of hydrogen-bond acceptors (Lipinski definition) is 0. The summed E-state index contributed by atoms with van der Waals surface area (Å²) in [5.74, 6) is 1.56. The molecule has 0 aliphatic carbocycles. The molecule has 0 nitrogen and oxygen atoms in total. The molecule has 0 heterocycles. The van der Waals surface area contributed by atoms with Gasteiger partial charge in [0.05, 0.1) is 0 Å². The first kappa shape index (κ1) is 15.3. The van der Waals surface area contributed by atoms with Crippen LogP contribution in [0, 0.1) is 19.8 Å². The van der Waals surface area contributed by atoms with Crippen LogP contribution in [0.5, 0.6) is 0 Å². The molecular formula is C18H30. The van der Waals surface area contributed by atoms with Gasteiger partial charge in [0.25, 0.3) is 0 Å². The number of rotatable bonds is 7. The van der Waals surface area contributed by atoms with Crippen LogP contribution < -0.4 is 0 Å². The van der Waals surface area contributed by atoms with Gasteiger partial charge in [0, 0.05) is 0 Å². The maximum atomic E-state index is 2.42. The molecule has 0 aliphatic rings. The fourth-order valence-electron chi connectivity index (χ4n) is 2.80. The molecule has 102 valence electrons. The Morgan fingerprint density at radius 3 is 2.22 bits per heavy atom. The molecule has 0 spiro atoms. The molecule has 0 aromatic heterocycles. The predicted octanol–water partition coefficient (Wildman–Crippen LogP) is 6.01. The molecule has 1 aromatic rings. The fraction of sp³-hybridized carbons (Fsp3) is 0.667. The molecule has 0 saturated heterocycles. The topological polar surface area (TPSA) is 0 Å². The van der Waals surface area contributed by atoms with E-state index in [-0.39, 0.29) is 0 Å². The lowest BCUT2D eigenvalue weighted by atomic mass is 9.81. The third kappa shape index (κ3) is 4.15. The van der Waals surface area contributed by atoms with Crippen molar-refractivity contribution in [3.05, 3.63) is 34.9 Å². The van der Waals surface area contributed by atoms with Gasteiger partial charge in [0.15, 0.2) is 0 Å². The summed E-state index contributed by atoms with van der Waals surface area (Å²) in [4.78, 5) is 0. The first-order chi connectivity index (χ1) is 8.60. The van der Waals surface area contributed by atoms with Crippen molar-refractivity contribution < 1.29 is 0 Å². The third-order valence-electron chi connectivity index (χ3n) is 4.35. The highest BCUT2D eigenvalue weighted by Gasteiger charge is 2.18. The third-order valence-corrected chi connectivity index (χ3v) is 4.35. The van der Waals surface area contributed by atoms with Crippen molar-refractivity contribution in [3.8, 4) is 0 Å². The second-order valence-electron chi connectivity index (χ2n) is 5.82. The minimum Gasteiger partial charge on any atom is -0.0654 e. The molecule has 1 rings (SSSR count). The SMILES string of the molecule is CCCCC(CCC)C(C)c1ccc(C)c(C)c1. The van der Waals surface area contributed by atoms with E-state index in [1.165, 1.54) is 48.8 Å². The van der Waals surface area contributed by atoms with Gasteiger partial charge in [-0.15, -0.1) is 0 Å². The van der Waals surface area contributed by atoms with Gasteiger partial charge in [0.2, 0.25) is 0 Å². The van der Waals surface area contributed by atoms with Gasteiger partial charge >= 0.3 is 0 Å². The summed E-state index contributed by atoms with van der Waals surface area (Å²) in [5.41, 5.74) is 4.38. The molecule has 18 heavy (non-hydrogen) atoms. The quantitative estimate of drug-likeness (QED) is 0.552. The van der Waals surface area contributed by atoms with Gasteiger partial charge in [0.1, 0.15) is 0 Å². The number of benzene rings is 1. The van der Waals surface area contributed by atoms with Crippen LogP contribution in [0.1, 0.15) is 75.5 Å². The highest BCUT2D eigenvalue weighted by atomic mass is 14.2. The minimum absolute atomic E-state index is 0.704. The van der Waals surface area contributed by atoms with E-state index in [1.807, 2.05) is 0 Å². The van der Waals surface area contributed by atoms with Gasteiger partial charge in [-0.2, -0.15) is 0 Å². The van der Waals surface area contributed by atoms with Crippen molar-refractivity contribution in [2.75, 3.05) is 0 Å². The van der Waals surface area contributed by atoms with Crippen LogP contribution in [0.4, 0.5) is 0 Å². The van der Waals surface area contributed by atoms with Crippen molar-refractivity contribution in [2.24, 2.45) is 5.92 Å². The summed E-state index contributed by atoms with van der Waals surface area (Å²) in [5, 5.41) is 0. The van der Waals surface area contributed by atoms with Gasteiger partial charge in [-0.05, 0) is 48.8 Å². The van der Waals surface area contributed by atoms with Crippen LogP contribution in [0.2, 0.25) is 0 Å². The Hall–Kier alpha value is -0.780. The van der Waals surface area contributed by atoms with Crippen molar-refractivity contribution in [2.45, 2.75) is 72.6 Å². The average molecular weight is 246 g/mol. The summed E-state index contributed by atoms with van der Waals surface area (Å²) < 4.78 is 0. The van der Waals surface area contributed by atoms with Gasteiger partial charge in [-0.25, -0.2) is 0 Å². The highest BCUT2D eigenvalue weighted by Crippen LogP contribution is 2.32. The smallest absolute Gasteiger partial charge is 0.0162 e. The summed E-state index contributed by atoms with van der Waals surface area (Å²) >= 11 is 0. The summed E-state index contributed by atoms with van der Waals surface area (Å²) in [6, 6.07) is 7.01. The molecule has 0 bridgehead atoms. The zero-order valence-corrected chi connectivity index (χ0v) is 12.9. The fourth-order valence-corrected chi connectivity index (χ4v) is 2.80. The van der Waals surface area contributed by atoms with Crippen LogP contribution >= 0.6 is 0 Å². The Kier molecular flexibility index (Phi) is 6.46. The van der Waals surface area contributed by atoms with E-state index in [4.69, 9.17) is 0 Å². The minimum atomic E-state index is 0.704. The molecule has 1 aromatic carbocycles. The lowest BCUT2D eigenvalue weighted by Gasteiger charge is -2.24. The average Bonchev–Trinajstić information content (AvgIpc) is 2.37. The van der Waals surface area contributed by atoms with Crippen LogP contribution in [-0.2, 0) is 0 Å². The monoisotopic (exact) mass is 246 g/mol. The van der Waals surface area contributed by atoms with Crippen molar-refractivity contribution in [3.63, 3.8) is 0 Å². The maximum Gasteiger partial charge on any atom is -0.0162 e. The summed E-state index contributed by atoms with van der Waals surface area (Å²) in [7, 11) is 0. The van der Waals surface area contributed by atoms with Crippen molar-refractivity contribution in [1.82, 2.24) is 0 Å². The van der Waals surface area contributed by atoms with Crippen LogP contribution in [0.25, 0.3) is 0 Å². The standard InChI is InChI=1S/C18H30/c1-6-8-10-17(9-7-2)16(5)18-12-11-14(3)15(4)13-18/h11-13,16-17H,6-10H2,1-5H3. The lowest BCUT2D eigenvalue weighted by Crippen LogP contribution is -2.10. The zero-order chi connectivity index (χ0) is 13.5. The number of aryl methyl sites for hydroxylation is 2. The maximum absolute atomic E-state index is 2.42. The van der Waals surface area contributed by atoms with Crippen LogP contribution in [0.3, 0.4) is 0 Å². The second-order valence-corrected chi connectivity index (χ2v) is 5.82. The van der Waals surface area contributed by atoms with E-state index in [0.717, 1.165) is 5.92 Å². The summed E-state index contributed by atoms with van der Waals surface area (Å²) in [6.45, 7) is 11.5. The van der Waals surface area contributed by atoms with E-state index in [9.17, 15) is 0 Å². The van der Waals surface area contributed by atoms with Crippen LogP contribution in [-0.4, -0.2) is 0 Å². The Labute approximate surface area is 114 Å². The zero-order valence-electron chi connectivity index (χ0n) is 12.9. The van der Waals surface area contributed by atoms with E-state index >= 15 is 0 Å². The number of unbranched alkanes of at least 4 members (excludes halogenated alkanes) is 1. The van der Waals surface area contributed by atoms with Gasteiger partial charge in [-0.3, -0.25) is 0 Å². The molecular weight excluding hydrogens is 216 g/mol. The molecule has 2 unspecified atom stereocenters. The Morgan fingerprint density at radius 1 is 0.944 bits per heavy atom. The Balaban J connectivity index is 2.79. The first-order valence-corrected chi connectivity index (χ1v) is 7.67. The highest BCUT2D eigenvalue weighted by molar-refractivity contribution is 5.32. The summed E-state index contributed by atoms with van der Waals surface area (Å²) in [6.07, 6.45) is 6.76. The van der Waals surface area contributed by atoms with E-state index in [1.54, 1.807) is 0 Å². The molecule has 0 radical (unpaired) electrons. The van der Waals surface area contributed by atoms with E-state index in [0.29, 0.717) is 5.92 Å². The molecule has 0 aliphatic heterocycles. The predicted molar refractivity (Wildman–Crippen MR) is 82.3 cm³/mol. The largest absolute Gasteiger partial charge is 0.0654 e. The molecule has 0 heteroatoms. The Bertz CT molecular complexity index is 351. The first-order valence-electron chi connectivity index (χ1n) is 7.67. The van der Waals surface area contributed by atoms with Gasteiger partial charge in [-0.1, -0.05) is 64.7 Å². The molecule has 0 saturated carbocycles. The molecule has 2 atom stereocenters. The number of hydrogen-bond donors (Lipinski definition) is 0. The van der Waals surface area contributed by atoms with E-state index in [2.05, 4.69) is 52.8 Å². The molecule has 0 fully saturated rings. The van der Waals surface area contributed by atoms with Crippen molar-refractivity contribution >= 4 is 0 Å². The van der Waals surface area contributed by atoms with Crippen molar-refractivity contribution in [1.29, 1.82) is 0 Å². The van der Waals surface area contributed by atoms with Gasteiger partial charge < -0.3 is 0 Å².